The van der Waals surface area contributed by atoms with Crippen LogP contribution < -0.4 is 5.32 Å². The molecule has 2 aliphatic rings. The number of carbonyl (C=O) groups excluding carboxylic acids is 2. The molecule has 1 N–H and O–H groups in total. The molecule has 4 rings (SSSR count). The Morgan fingerprint density at radius 1 is 1.00 bits per heavy atom. The number of nitrogens with zero attached hydrogens (tertiary/aromatic N) is 2. The summed E-state index contributed by atoms with van der Waals surface area (Å²) >= 11 is 0. The number of nitrogens with one attached hydrogen (secondary N) is 1. The van der Waals surface area contributed by atoms with Crippen LogP contribution in [0.2, 0.25) is 0 Å². The predicted octanol–water partition coefficient (Wildman–Crippen LogP) is 4.64. The Kier molecular flexibility index (Phi) is 5.56. The van der Waals surface area contributed by atoms with E-state index >= 15 is 0 Å². The summed E-state index contributed by atoms with van der Waals surface area (Å²) in [6.45, 7) is -0.356. The maximum atomic E-state index is 13.3. The maximum absolute atomic E-state index is 13.3. The highest BCUT2D eigenvalue weighted by Gasteiger charge is 2.48. The summed E-state index contributed by atoms with van der Waals surface area (Å²) in [5.41, 5.74) is -1.10. The number of benzene rings is 2. The van der Waals surface area contributed by atoms with Crippen LogP contribution in [0.4, 0.5) is 18.9 Å². The van der Waals surface area contributed by atoms with Crippen molar-refractivity contribution in [2.75, 3.05) is 11.9 Å². The van der Waals surface area contributed by atoms with Crippen molar-refractivity contribution in [2.24, 2.45) is 4.99 Å². The average molecular weight is 429 g/mol. The summed E-state index contributed by atoms with van der Waals surface area (Å²) < 4.78 is 39.8. The van der Waals surface area contributed by atoms with Crippen LogP contribution in [0.1, 0.15) is 43.2 Å². The van der Waals surface area contributed by atoms with E-state index in [0.29, 0.717) is 24.1 Å². The Balaban J connectivity index is 1.59. The Morgan fingerprint density at radius 2 is 1.65 bits per heavy atom. The highest BCUT2D eigenvalue weighted by Crippen LogP contribution is 2.40. The van der Waals surface area contributed by atoms with Gasteiger partial charge in [0.05, 0.1) is 11.3 Å². The van der Waals surface area contributed by atoms with Crippen molar-refractivity contribution in [1.82, 2.24) is 4.90 Å². The third-order valence-electron chi connectivity index (χ3n) is 5.78. The van der Waals surface area contributed by atoms with Gasteiger partial charge >= 0.3 is 6.18 Å². The first-order chi connectivity index (χ1) is 14.8. The number of alkyl halides is 3. The quantitative estimate of drug-likeness (QED) is 0.770. The third-order valence-corrected chi connectivity index (χ3v) is 5.78. The van der Waals surface area contributed by atoms with E-state index in [-0.39, 0.29) is 18.1 Å². The summed E-state index contributed by atoms with van der Waals surface area (Å²) in [5.74, 6) is -1.05. The molecular formula is C23H22F3N3O2. The first-order valence-electron chi connectivity index (χ1n) is 10.2. The molecule has 1 aliphatic carbocycles. The standard InChI is InChI=1S/C23H22F3N3O2/c24-23(25,26)17-11-5-6-12-18(17)27-19(30)15-29-21(31)20(16-9-3-1-4-10-16)28-22(29)13-7-2-8-14-22/h1,3-6,9-12H,2,7-8,13-15H2,(H,27,30). The molecule has 0 unspecified atom stereocenters. The van der Waals surface area contributed by atoms with Crippen LogP contribution in [0.3, 0.4) is 0 Å². The van der Waals surface area contributed by atoms with E-state index in [0.717, 1.165) is 25.3 Å². The summed E-state index contributed by atoms with van der Waals surface area (Å²) in [6, 6.07) is 13.8. The summed E-state index contributed by atoms with van der Waals surface area (Å²) in [6.07, 6.45) is -0.586. The first kappa shape index (κ1) is 21.1. The lowest BCUT2D eigenvalue weighted by molar-refractivity contribution is -0.137. The lowest BCUT2D eigenvalue weighted by Crippen LogP contribution is -2.51. The molecule has 8 heteroatoms. The lowest BCUT2D eigenvalue weighted by Gasteiger charge is -2.38. The van der Waals surface area contributed by atoms with Gasteiger partial charge in [-0.15, -0.1) is 0 Å². The SMILES string of the molecule is O=C(CN1C(=O)C(c2ccccc2)=NC12CCCCC2)Nc1ccccc1C(F)(F)F. The second-order valence-corrected chi connectivity index (χ2v) is 7.85. The number of halogens is 3. The van der Waals surface area contributed by atoms with Crippen LogP contribution in [-0.2, 0) is 15.8 Å². The number of amides is 2. The number of rotatable bonds is 4. The van der Waals surface area contributed by atoms with Crippen LogP contribution >= 0.6 is 0 Å². The second-order valence-electron chi connectivity index (χ2n) is 7.85. The van der Waals surface area contributed by atoms with E-state index in [1.807, 2.05) is 18.2 Å². The fraction of sp³-hybridized carbons (Fsp3) is 0.348. The van der Waals surface area contributed by atoms with E-state index in [1.54, 1.807) is 12.1 Å². The van der Waals surface area contributed by atoms with Gasteiger partial charge in [-0.05, 0) is 37.8 Å². The molecule has 0 radical (unpaired) electrons. The van der Waals surface area contributed by atoms with Gasteiger partial charge in [-0.2, -0.15) is 13.2 Å². The molecule has 2 aromatic carbocycles. The van der Waals surface area contributed by atoms with Crippen LogP contribution in [-0.4, -0.2) is 34.6 Å². The van der Waals surface area contributed by atoms with Crippen molar-refractivity contribution >= 4 is 23.2 Å². The van der Waals surface area contributed by atoms with Gasteiger partial charge in [-0.25, -0.2) is 0 Å². The zero-order valence-corrected chi connectivity index (χ0v) is 16.8. The first-order valence-corrected chi connectivity index (χ1v) is 10.2. The van der Waals surface area contributed by atoms with Crippen LogP contribution in [0.5, 0.6) is 0 Å². The Morgan fingerprint density at radius 3 is 2.32 bits per heavy atom. The molecule has 5 nitrogen and oxygen atoms in total. The Labute approximate surface area is 178 Å². The van der Waals surface area contributed by atoms with Crippen molar-refractivity contribution in [2.45, 2.75) is 43.9 Å². The number of hydrogen-bond acceptors (Lipinski definition) is 3. The van der Waals surface area contributed by atoms with Crippen molar-refractivity contribution in [1.29, 1.82) is 0 Å². The highest BCUT2D eigenvalue weighted by molar-refractivity contribution is 6.47. The van der Waals surface area contributed by atoms with E-state index in [9.17, 15) is 22.8 Å². The molecule has 1 heterocycles. The maximum Gasteiger partial charge on any atom is 0.418 e. The van der Waals surface area contributed by atoms with Crippen LogP contribution in [0.25, 0.3) is 0 Å². The molecule has 2 amide bonds. The number of anilines is 1. The third kappa shape index (κ3) is 4.19. The molecule has 0 atom stereocenters. The molecule has 162 valence electrons. The van der Waals surface area contributed by atoms with Gasteiger partial charge in [-0.3, -0.25) is 14.6 Å². The molecule has 2 aromatic rings. The Hall–Kier alpha value is -3.16. The van der Waals surface area contributed by atoms with Gasteiger partial charge in [0.25, 0.3) is 5.91 Å². The van der Waals surface area contributed by atoms with Gasteiger partial charge in [0.15, 0.2) is 0 Å². The van der Waals surface area contributed by atoms with E-state index in [1.165, 1.54) is 23.1 Å². The predicted molar refractivity (Wildman–Crippen MR) is 111 cm³/mol. The molecule has 1 aliphatic heterocycles. The van der Waals surface area contributed by atoms with E-state index in [2.05, 4.69) is 5.32 Å². The molecule has 31 heavy (non-hydrogen) atoms. The molecule has 1 fully saturated rings. The zero-order chi connectivity index (χ0) is 22.1. The molecule has 0 bridgehead atoms. The smallest absolute Gasteiger partial charge is 0.324 e. The van der Waals surface area contributed by atoms with Gasteiger partial charge in [-0.1, -0.05) is 48.9 Å². The van der Waals surface area contributed by atoms with E-state index in [4.69, 9.17) is 4.99 Å². The lowest BCUT2D eigenvalue weighted by atomic mass is 9.88. The number of para-hydroxylation sites is 1. The summed E-state index contributed by atoms with van der Waals surface area (Å²) in [5, 5.41) is 2.34. The fourth-order valence-corrected chi connectivity index (χ4v) is 4.31. The van der Waals surface area contributed by atoms with Crippen LogP contribution in [0.15, 0.2) is 59.6 Å². The van der Waals surface area contributed by atoms with Crippen molar-refractivity contribution in [3.8, 4) is 0 Å². The number of hydrogen-bond donors (Lipinski definition) is 1. The van der Waals surface area contributed by atoms with E-state index < -0.39 is 23.3 Å². The fourth-order valence-electron chi connectivity index (χ4n) is 4.31. The minimum Gasteiger partial charge on any atom is -0.324 e. The Bertz CT molecular complexity index is 1010. The minimum absolute atomic E-state index is 0.297. The van der Waals surface area contributed by atoms with Gasteiger partial charge in [0.2, 0.25) is 5.91 Å². The van der Waals surface area contributed by atoms with Gasteiger partial charge in [0, 0.05) is 5.56 Å². The number of aliphatic imine (C=N–C) groups is 1. The summed E-state index contributed by atoms with van der Waals surface area (Å²) in [7, 11) is 0. The van der Waals surface area contributed by atoms with Gasteiger partial charge in [0.1, 0.15) is 17.9 Å². The molecule has 0 aromatic heterocycles. The largest absolute Gasteiger partial charge is 0.418 e. The van der Waals surface area contributed by atoms with Crippen molar-refractivity contribution in [3.63, 3.8) is 0 Å². The average Bonchev–Trinajstić information content (AvgIpc) is 3.00. The highest BCUT2D eigenvalue weighted by atomic mass is 19.4. The molecule has 0 saturated heterocycles. The minimum atomic E-state index is -4.60. The van der Waals surface area contributed by atoms with Gasteiger partial charge < -0.3 is 10.2 Å². The van der Waals surface area contributed by atoms with Crippen LogP contribution in [0, 0.1) is 0 Å². The zero-order valence-electron chi connectivity index (χ0n) is 16.8. The second kappa shape index (κ2) is 8.17. The molecule has 1 saturated carbocycles. The molecule has 1 spiro atoms. The molecular weight excluding hydrogens is 407 g/mol. The van der Waals surface area contributed by atoms with Crippen molar-refractivity contribution in [3.05, 3.63) is 65.7 Å². The topological polar surface area (TPSA) is 61.8 Å². The normalized spacial score (nSPS) is 18.2. The summed E-state index contributed by atoms with van der Waals surface area (Å²) in [4.78, 5) is 32.2. The monoisotopic (exact) mass is 429 g/mol. The number of carbonyl (C=O) groups is 2. The van der Waals surface area contributed by atoms with Crippen molar-refractivity contribution < 1.29 is 22.8 Å².